The molecule has 0 heterocycles. The van der Waals surface area contributed by atoms with Crippen molar-refractivity contribution in [2.75, 3.05) is 5.32 Å². The third-order valence-electron chi connectivity index (χ3n) is 7.77. The molecule has 202 valence electrons. The van der Waals surface area contributed by atoms with Crippen molar-refractivity contribution in [3.63, 3.8) is 0 Å². The number of aliphatic hydroxyl groups is 3. The smallest absolute Gasteiger partial charge is 0.255 e. The van der Waals surface area contributed by atoms with E-state index in [1.165, 1.54) is 19.1 Å². The summed E-state index contributed by atoms with van der Waals surface area (Å²) in [5.74, 6) is -6.88. The van der Waals surface area contributed by atoms with Crippen LogP contribution in [0.3, 0.4) is 0 Å². The normalized spacial score (nSPS) is 29.1. The highest BCUT2D eigenvalue weighted by Crippen LogP contribution is 2.56. The highest BCUT2D eigenvalue weighted by atomic mass is 35.5. The molecule has 4 N–H and O–H groups in total. The summed E-state index contributed by atoms with van der Waals surface area (Å²) >= 11 is 6.21. The van der Waals surface area contributed by atoms with E-state index >= 15 is 0 Å². The van der Waals surface area contributed by atoms with Crippen LogP contribution in [0.15, 0.2) is 35.2 Å². The summed E-state index contributed by atoms with van der Waals surface area (Å²) in [5.41, 5.74) is -2.17. The number of fused-ring (bicyclic) bond motifs is 2. The van der Waals surface area contributed by atoms with E-state index in [9.17, 15) is 41.7 Å². The van der Waals surface area contributed by atoms with Crippen LogP contribution < -0.4 is 5.32 Å². The van der Waals surface area contributed by atoms with Gasteiger partial charge in [-0.1, -0.05) is 18.5 Å². The topological polar surface area (TPSA) is 124 Å². The van der Waals surface area contributed by atoms with Gasteiger partial charge in [-0.2, -0.15) is 0 Å². The summed E-state index contributed by atoms with van der Waals surface area (Å²) in [6.45, 7) is 3.22. The Morgan fingerprint density at radius 2 is 1.73 bits per heavy atom. The molecule has 12 heteroatoms. The van der Waals surface area contributed by atoms with Crippen molar-refractivity contribution in [2.24, 2.45) is 17.8 Å². The average Bonchev–Trinajstić information content (AvgIpc) is 2.95. The van der Waals surface area contributed by atoms with Crippen molar-refractivity contribution >= 4 is 33.0 Å². The zero-order chi connectivity index (χ0) is 27.4. The number of halogens is 4. The molecule has 2 aromatic carbocycles. The molecule has 0 aromatic heterocycles. The van der Waals surface area contributed by atoms with Crippen molar-refractivity contribution in [3.05, 3.63) is 58.4 Å². The van der Waals surface area contributed by atoms with Crippen LogP contribution in [0.2, 0.25) is 5.02 Å². The number of benzene rings is 2. The number of sulfone groups is 1. The number of carbonyl (C=O) groups excluding carboxylic acids is 1. The maximum Gasteiger partial charge on any atom is 0.255 e. The van der Waals surface area contributed by atoms with Crippen molar-refractivity contribution in [3.8, 4) is 0 Å². The number of carbonyl (C=O) groups is 1. The van der Waals surface area contributed by atoms with E-state index in [-0.39, 0.29) is 39.9 Å². The first-order valence-corrected chi connectivity index (χ1v) is 13.7. The zero-order valence-electron chi connectivity index (χ0n) is 20.0. The van der Waals surface area contributed by atoms with E-state index in [4.69, 9.17) is 11.6 Å². The zero-order valence-corrected chi connectivity index (χ0v) is 21.5. The lowest BCUT2D eigenvalue weighted by Gasteiger charge is -2.46. The predicted molar refractivity (Wildman–Crippen MR) is 129 cm³/mol. The molecule has 2 aromatic rings. The number of anilines is 1. The van der Waals surface area contributed by atoms with Gasteiger partial charge in [-0.15, -0.1) is 0 Å². The van der Waals surface area contributed by atoms with E-state index in [0.29, 0.717) is 18.6 Å². The maximum atomic E-state index is 13.7. The van der Waals surface area contributed by atoms with Crippen molar-refractivity contribution in [1.82, 2.24) is 0 Å². The van der Waals surface area contributed by atoms with Gasteiger partial charge < -0.3 is 20.6 Å². The molecule has 0 saturated heterocycles. The fourth-order valence-corrected chi connectivity index (χ4v) is 8.31. The number of nitrogens with one attached hydrogen (secondary N) is 1. The van der Waals surface area contributed by atoms with Gasteiger partial charge in [-0.05, 0) is 62.1 Å². The van der Waals surface area contributed by atoms with E-state index in [1.54, 1.807) is 0 Å². The summed E-state index contributed by atoms with van der Waals surface area (Å²) in [7, 11) is -4.12. The first kappa shape index (κ1) is 27.8. The SMILES string of the molecule is C[C@H](O)[C@H](O)[C@@]1(O)C2C[C@@H](S(=O)(=O)c3cc(C(=O)Nc4cc(F)c(F)c(F)c4)ccc3Cl)CC1[C@@H](C)C2. The van der Waals surface area contributed by atoms with E-state index < -0.39 is 68.1 Å². The molecule has 2 fully saturated rings. The van der Waals surface area contributed by atoms with Gasteiger partial charge >= 0.3 is 0 Å². The fraction of sp³-hybridized carbons (Fsp3) is 0.480. The van der Waals surface area contributed by atoms with Gasteiger partial charge in [0.1, 0.15) is 6.10 Å². The Hall–Kier alpha value is -2.18. The van der Waals surface area contributed by atoms with E-state index in [1.807, 2.05) is 6.92 Å². The predicted octanol–water partition coefficient (Wildman–Crippen LogP) is 3.69. The van der Waals surface area contributed by atoms with Crippen LogP contribution in [-0.2, 0) is 9.84 Å². The standard InChI is InChI=1S/C25H27ClF3NO6S/c1-11-5-14-7-16(10-17(11)25(14,34)23(32)12(2)31)37(35,36)21-6-13(3-4-18(21)26)24(33)30-15-8-19(27)22(29)20(28)9-15/h3-4,6,8-9,11-12,14,16-17,23,31-32,34H,5,7,10H2,1-2H3,(H,30,33)/t11-,12-,14?,16+,17?,23-,25+/m0/s1. The third-order valence-corrected chi connectivity index (χ3v) is 10.4. The molecule has 7 atom stereocenters. The molecule has 37 heavy (non-hydrogen) atoms. The summed E-state index contributed by atoms with van der Waals surface area (Å²) in [6.07, 6.45) is -2.14. The number of hydrogen-bond acceptors (Lipinski definition) is 6. The largest absolute Gasteiger partial charge is 0.391 e. The van der Waals surface area contributed by atoms with Gasteiger partial charge in [-0.3, -0.25) is 4.79 Å². The van der Waals surface area contributed by atoms with Crippen LogP contribution in [0.25, 0.3) is 0 Å². The van der Waals surface area contributed by atoms with Crippen LogP contribution in [0.1, 0.15) is 43.5 Å². The lowest BCUT2D eigenvalue weighted by Crippen LogP contribution is -2.59. The van der Waals surface area contributed by atoms with Crippen molar-refractivity contribution in [1.29, 1.82) is 0 Å². The summed E-state index contributed by atoms with van der Waals surface area (Å²) in [4.78, 5) is 12.4. The number of aliphatic hydroxyl groups excluding tert-OH is 2. The molecule has 2 unspecified atom stereocenters. The minimum atomic E-state index is -4.12. The minimum Gasteiger partial charge on any atom is -0.391 e. The summed E-state index contributed by atoms with van der Waals surface area (Å²) in [5, 5.41) is 32.9. The van der Waals surface area contributed by atoms with Gasteiger partial charge in [0.25, 0.3) is 5.91 Å². The van der Waals surface area contributed by atoms with Crippen LogP contribution >= 0.6 is 11.6 Å². The molecule has 0 aliphatic heterocycles. The van der Waals surface area contributed by atoms with Crippen molar-refractivity contribution < 1.29 is 41.7 Å². The Morgan fingerprint density at radius 1 is 1.11 bits per heavy atom. The van der Waals surface area contributed by atoms with Crippen LogP contribution in [-0.4, -0.2) is 52.7 Å². The highest BCUT2D eigenvalue weighted by Gasteiger charge is 2.62. The first-order chi connectivity index (χ1) is 17.2. The van der Waals surface area contributed by atoms with Gasteiger partial charge in [0, 0.05) is 23.4 Å². The maximum absolute atomic E-state index is 13.7. The third kappa shape index (κ3) is 4.76. The second-order valence-electron chi connectivity index (χ2n) is 10.1. The molecule has 7 nitrogen and oxygen atoms in total. The number of rotatable bonds is 6. The van der Waals surface area contributed by atoms with Gasteiger partial charge in [-0.25, -0.2) is 21.6 Å². The Kier molecular flexibility index (Phi) is 7.41. The lowest BCUT2D eigenvalue weighted by atomic mass is 9.69. The second kappa shape index (κ2) is 9.85. The van der Waals surface area contributed by atoms with Gasteiger partial charge in [0.2, 0.25) is 0 Å². The Bertz CT molecular complexity index is 1320. The monoisotopic (exact) mass is 561 g/mol. The summed E-state index contributed by atoms with van der Waals surface area (Å²) < 4.78 is 67.5. The van der Waals surface area contributed by atoms with Crippen LogP contribution in [0.4, 0.5) is 18.9 Å². The lowest BCUT2D eigenvalue weighted by molar-refractivity contribution is -0.175. The molecule has 4 rings (SSSR count). The molecule has 2 bridgehead atoms. The van der Waals surface area contributed by atoms with Crippen LogP contribution in [0.5, 0.6) is 0 Å². The first-order valence-electron chi connectivity index (χ1n) is 11.8. The Labute approximate surface area is 217 Å². The molecule has 2 saturated carbocycles. The quantitative estimate of drug-likeness (QED) is 0.399. The van der Waals surface area contributed by atoms with Crippen LogP contribution in [0, 0.1) is 35.2 Å². The molecule has 0 spiro atoms. The van der Waals surface area contributed by atoms with Gasteiger partial charge in [0.05, 0.1) is 26.9 Å². The highest BCUT2D eigenvalue weighted by molar-refractivity contribution is 7.92. The molecule has 2 aliphatic rings. The second-order valence-corrected chi connectivity index (χ2v) is 12.7. The van der Waals surface area contributed by atoms with Crippen molar-refractivity contribution in [2.45, 2.75) is 61.1 Å². The molecule has 2 aliphatic carbocycles. The summed E-state index contributed by atoms with van der Waals surface area (Å²) in [6, 6.07) is 4.68. The molecule has 1 amide bonds. The minimum absolute atomic E-state index is 0.0150. The Morgan fingerprint density at radius 3 is 2.30 bits per heavy atom. The molecule has 0 radical (unpaired) electrons. The van der Waals surface area contributed by atoms with E-state index in [2.05, 4.69) is 5.32 Å². The van der Waals surface area contributed by atoms with Gasteiger partial charge in [0.15, 0.2) is 27.3 Å². The average molecular weight is 562 g/mol. The number of hydrogen-bond donors (Lipinski definition) is 4. The molecular formula is C25H27ClF3NO6S. The number of amides is 1. The Balaban J connectivity index is 1.62. The van der Waals surface area contributed by atoms with E-state index in [0.717, 1.165) is 6.07 Å². The fourth-order valence-electron chi connectivity index (χ4n) is 5.94. The molecular weight excluding hydrogens is 535 g/mol.